The van der Waals surface area contributed by atoms with E-state index >= 15 is 0 Å². The van der Waals surface area contributed by atoms with Crippen LogP contribution in [0, 0.1) is 0 Å². The van der Waals surface area contributed by atoms with E-state index in [1.165, 1.54) is 16.9 Å². The third kappa shape index (κ3) is 1.87. The first-order chi connectivity index (χ1) is 6.77. The van der Waals surface area contributed by atoms with Crippen LogP contribution in [0.1, 0.15) is 23.0 Å². The molecule has 0 atom stereocenters. The molecule has 3 heteroatoms. The van der Waals surface area contributed by atoms with Gasteiger partial charge in [0.15, 0.2) is 0 Å². The van der Waals surface area contributed by atoms with Crippen LogP contribution >= 0.6 is 11.3 Å². The third-order valence-corrected chi connectivity index (χ3v) is 3.21. The smallest absolute Gasteiger partial charge is 0.264 e. The molecule has 2 nitrogen and oxygen atoms in total. The Hall–Kier alpha value is -1.09. The summed E-state index contributed by atoms with van der Waals surface area (Å²) in [5, 5.41) is 1.94. The number of amides is 1. The van der Waals surface area contributed by atoms with Crippen LogP contribution in [0.25, 0.3) is 0 Å². The zero-order valence-corrected chi connectivity index (χ0v) is 9.01. The maximum absolute atomic E-state index is 11.9. The molecule has 0 unspecified atom stereocenters. The van der Waals surface area contributed by atoms with Crippen molar-refractivity contribution in [2.75, 3.05) is 13.1 Å². The molecule has 0 saturated heterocycles. The van der Waals surface area contributed by atoms with Crippen LogP contribution in [0.3, 0.4) is 0 Å². The molecule has 0 saturated carbocycles. The Morgan fingerprint density at radius 2 is 2.43 bits per heavy atom. The molecule has 2 heterocycles. The van der Waals surface area contributed by atoms with Gasteiger partial charge in [0.25, 0.3) is 5.91 Å². The minimum Gasteiger partial charge on any atom is -0.334 e. The average molecular weight is 207 g/mol. The van der Waals surface area contributed by atoms with E-state index in [-0.39, 0.29) is 5.91 Å². The summed E-state index contributed by atoms with van der Waals surface area (Å²) >= 11 is 1.52. The lowest BCUT2D eigenvalue weighted by molar-refractivity contribution is 0.0771. The molecule has 0 fully saturated rings. The van der Waals surface area contributed by atoms with Crippen molar-refractivity contribution in [1.82, 2.24) is 4.90 Å². The van der Waals surface area contributed by atoms with Crippen LogP contribution in [0.4, 0.5) is 0 Å². The van der Waals surface area contributed by atoms with E-state index in [1.54, 1.807) is 0 Å². The van der Waals surface area contributed by atoms with E-state index in [0.717, 1.165) is 24.4 Å². The van der Waals surface area contributed by atoms with Crippen LogP contribution < -0.4 is 0 Å². The van der Waals surface area contributed by atoms with Crippen molar-refractivity contribution in [3.63, 3.8) is 0 Å². The number of carbonyl (C=O) groups excluding carboxylic acids is 1. The summed E-state index contributed by atoms with van der Waals surface area (Å²) in [7, 11) is 0. The maximum atomic E-state index is 11.9. The Morgan fingerprint density at radius 3 is 3.07 bits per heavy atom. The van der Waals surface area contributed by atoms with Crippen LogP contribution in [0.2, 0.25) is 0 Å². The van der Waals surface area contributed by atoms with Crippen LogP contribution in [-0.2, 0) is 0 Å². The zero-order chi connectivity index (χ0) is 9.97. The fourth-order valence-electron chi connectivity index (χ4n) is 1.64. The summed E-state index contributed by atoms with van der Waals surface area (Å²) in [6.45, 7) is 3.72. The van der Waals surface area contributed by atoms with Gasteiger partial charge in [0, 0.05) is 13.1 Å². The average Bonchev–Trinajstić information content (AvgIpc) is 2.69. The summed E-state index contributed by atoms with van der Waals surface area (Å²) in [5.74, 6) is 0.174. The molecule has 0 spiro atoms. The minimum atomic E-state index is 0.174. The molecule has 74 valence electrons. The first-order valence-corrected chi connectivity index (χ1v) is 5.64. The van der Waals surface area contributed by atoms with Gasteiger partial charge in [0.1, 0.15) is 0 Å². The van der Waals surface area contributed by atoms with E-state index in [9.17, 15) is 4.79 Å². The molecule has 0 aromatic carbocycles. The second-order valence-electron chi connectivity index (χ2n) is 3.54. The number of hydrogen-bond donors (Lipinski definition) is 0. The lowest BCUT2D eigenvalue weighted by Crippen LogP contribution is -2.34. The first kappa shape index (κ1) is 9.46. The Balaban J connectivity index is 2.10. The van der Waals surface area contributed by atoms with Gasteiger partial charge in [-0.3, -0.25) is 4.79 Å². The highest BCUT2D eigenvalue weighted by Crippen LogP contribution is 2.16. The minimum absolute atomic E-state index is 0.174. The van der Waals surface area contributed by atoms with Gasteiger partial charge in [0.05, 0.1) is 4.88 Å². The van der Waals surface area contributed by atoms with Crippen molar-refractivity contribution in [3.05, 3.63) is 34.0 Å². The monoisotopic (exact) mass is 207 g/mol. The lowest BCUT2D eigenvalue weighted by Gasteiger charge is -2.25. The van der Waals surface area contributed by atoms with E-state index in [2.05, 4.69) is 13.0 Å². The van der Waals surface area contributed by atoms with Gasteiger partial charge >= 0.3 is 0 Å². The summed E-state index contributed by atoms with van der Waals surface area (Å²) in [6, 6.07) is 3.81. The highest BCUT2D eigenvalue weighted by molar-refractivity contribution is 7.12. The van der Waals surface area contributed by atoms with Crippen molar-refractivity contribution >= 4 is 17.2 Å². The van der Waals surface area contributed by atoms with Gasteiger partial charge in [-0.25, -0.2) is 0 Å². The molecule has 2 rings (SSSR count). The predicted octanol–water partition coefficient (Wildman–Crippen LogP) is 2.54. The quantitative estimate of drug-likeness (QED) is 0.648. The molecule has 1 aliphatic rings. The normalized spacial score (nSPS) is 16.6. The molecule has 1 amide bonds. The third-order valence-electron chi connectivity index (χ3n) is 2.35. The van der Waals surface area contributed by atoms with Gasteiger partial charge < -0.3 is 4.90 Å². The molecule has 1 aliphatic heterocycles. The largest absolute Gasteiger partial charge is 0.334 e. The fraction of sp³-hybridized carbons (Fsp3) is 0.364. The first-order valence-electron chi connectivity index (χ1n) is 4.76. The summed E-state index contributed by atoms with van der Waals surface area (Å²) in [4.78, 5) is 14.7. The maximum Gasteiger partial charge on any atom is 0.264 e. The van der Waals surface area contributed by atoms with E-state index in [1.807, 2.05) is 22.4 Å². The molecule has 0 aliphatic carbocycles. The van der Waals surface area contributed by atoms with Gasteiger partial charge in [-0.15, -0.1) is 11.3 Å². The van der Waals surface area contributed by atoms with Crippen molar-refractivity contribution in [2.24, 2.45) is 0 Å². The van der Waals surface area contributed by atoms with E-state index in [0.29, 0.717) is 0 Å². The number of carbonyl (C=O) groups is 1. The van der Waals surface area contributed by atoms with Gasteiger partial charge in [0.2, 0.25) is 0 Å². The van der Waals surface area contributed by atoms with Gasteiger partial charge in [-0.1, -0.05) is 17.7 Å². The Labute approximate surface area is 87.9 Å². The molecule has 14 heavy (non-hydrogen) atoms. The van der Waals surface area contributed by atoms with Crippen molar-refractivity contribution < 1.29 is 4.79 Å². The molecule has 0 N–H and O–H groups in total. The van der Waals surface area contributed by atoms with Crippen molar-refractivity contribution in [2.45, 2.75) is 13.3 Å². The second kappa shape index (κ2) is 3.96. The number of rotatable bonds is 1. The zero-order valence-electron chi connectivity index (χ0n) is 8.19. The van der Waals surface area contributed by atoms with E-state index in [4.69, 9.17) is 0 Å². The predicted molar refractivity (Wildman–Crippen MR) is 58.6 cm³/mol. The second-order valence-corrected chi connectivity index (χ2v) is 4.49. The van der Waals surface area contributed by atoms with Crippen LogP contribution in [0.5, 0.6) is 0 Å². The standard InChI is InChI=1S/C11H13NOS/c1-9-4-2-6-12(8-9)11(13)10-5-3-7-14-10/h3-5,7H,2,6,8H2,1H3. The molecule has 1 aromatic rings. The molecular weight excluding hydrogens is 194 g/mol. The van der Waals surface area contributed by atoms with Gasteiger partial charge in [-0.05, 0) is 24.8 Å². The summed E-state index contributed by atoms with van der Waals surface area (Å²) in [6.07, 6.45) is 3.20. The Morgan fingerprint density at radius 1 is 1.57 bits per heavy atom. The van der Waals surface area contributed by atoms with Crippen molar-refractivity contribution in [3.8, 4) is 0 Å². The van der Waals surface area contributed by atoms with Gasteiger partial charge in [-0.2, -0.15) is 0 Å². The number of hydrogen-bond acceptors (Lipinski definition) is 2. The fourth-order valence-corrected chi connectivity index (χ4v) is 2.33. The number of nitrogens with zero attached hydrogens (tertiary/aromatic N) is 1. The number of thiophene rings is 1. The summed E-state index contributed by atoms with van der Waals surface area (Å²) < 4.78 is 0. The van der Waals surface area contributed by atoms with Crippen LogP contribution in [-0.4, -0.2) is 23.9 Å². The van der Waals surface area contributed by atoms with Crippen LogP contribution in [0.15, 0.2) is 29.2 Å². The molecular formula is C11H13NOS. The SMILES string of the molecule is CC1=CCCN(C(=O)c2cccs2)C1. The topological polar surface area (TPSA) is 20.3 Å². The highest BCUT2D eigenvalue weighted by atomic mass is 32.1. The highest BCUT2D eigenvalue weighted by Gasteiger charge is 2.18. The van der Waals surface area contributed by atoms with E-state index < -0.39 is 0 Å². The Kier molecular flexibility index (Phi) is 2.68. The van der Waals surface area contributed by atoms with Crippen molar-refractivity contribution in [1.29, 1.82) is 0 Å². The molecule has 0 radical (unpaired) electrons. The summed E-state index contributed by atoms with van der Waals surface area (Å²) in [5.41, 5.74) is 1.29. The molecule has 0 bridgehead atoms. The molecule has 1 aromatic heterocycles. The Bertz CT molecular complexity index is 353. The lowest BCUT2D eigenvalue weighted by atomic mass is 10.1.